The highest BCUT2D eigenvalue weighted by Crippen LogP contribution is 2.27. The fourth-order valence-corrected chi connectivity index (χ4v) is 3.25. The largest absolute Gasteiger partial charge is 0.497 e. The van der Waals surface area contributed by atoms with Crippen LogP contribution in [0.5, 0.6) is 5.75 Å². The number of rotatable bonds is 4. The lowest BCUT2D eigenvalue weighted by atomic mass is 10.2. The quantitative estimate of drug-likeness (QED) is 0.626. The lowest BCUT2D eigenvalue weighted by molar-refractivity contribution is -0.144. The van der Waals surface area contributed by atoms with Crippen molar-refractivity contribution in [2.75, 3.05) is 20.0 Å². The average molecular weight is 297 g/mol. The van der Waals surface area contributed by atoms with E-state index in [1.165, 1.54) is 18.9 Å². The van der Waals surface area contributed by atoms with Crippen LogP contribution in [0.4, 0.5) is 0 Å². The Morgan fingerprint density at radius 3 is 2.68 bits per heavy atom. The molecule has 0 N–H and O–H groups in total. The SMILES string of the molecule is COC(=O)C1CSC(=S)N1Cc1ccc(OC)cc1. The Morgan fingerprint density at radius 2 is 2.11 bits per heavy atom. The minimum Gasteiger partial charge on any atom is -0.497 e. The molecule has 0 spiro atoms. The first kappa shape index (κ1) is 14.1. The van der Waals surface area contributed by atoms with E-state index in [2.05, 4.69) is 0 Å². The molecule has 0 radical (unpaired) electrons. The van der Waals surface area contributed by atoms with Crippen molar-refractivity contribution in [1.82, 2.24) is 4.90 Å². The van der Waals surface area contributed by atoms with Crippen molar-refractivity contribution in [2.24, 2.45) is 0 Å². The molecular weight excluding hydrogens is 282 g/mol. The summed E-state index contributed by atoms with van der Waals surface area (Å²) in [6.07, 6.45) is 0. The number of esters is 1. The number of nitrogens with zero attached hydrogens (tertiary/aromatic N) is 1. The first-order chi connectivity index (χ1) is 9.15. The van der Waals surface area contributed by atoms with Gasteiger partial charge in [-0.1, -0.05) is 36.1 Å². The lowest BCUT2D eigenvalue weighted by Crippen LogP contribution is -2.39. The van der Waals surface area contributed by atoms with E-state index in [1.54, 1.807) is 7.11 Å². The van der Waals surface area contributed by atoms with Crippen LogP contribution in [0.25, 0.3) is 0 Å². The number of hydrogen-bond acceptors (Lipinski definition) is 5. The molecule has 1 fully saturated rings. The third-order valence-corrected chi connectivity index (χ3v) is 4.51. The Bertz CT molecular complexity index is 475. The standard InChI is InChI=1S/C13H15NO3S2/c1-16-10-5-3-9(4-6-10)7-14-11(12(15)17-2)8-19-13(14)18/h3-6,11H,7-8H2,1-2H3. The van der Waals surface area contributed by atoms with Gasteiger partial charge in [0.2, 0.25) is 0 Å². The first-order valence-corrected chi connectivity index (χ1v) is 7.19. The second kappa shape index (κ2) is 6.25. The topological polar surface area (TPSA) is 38.8 Å². The summed E-state index contributed by atoms with van der Waals surface area (Å²) in [5.74, 6) is 1.23. The molecular formula is C13H15NO3S2. The van der Waals surface area contributed by atoms with Gasteiger partial charge in [-0.15, -0.1) is 0 Å². The molecule has 6 heteroatoms. The fraction of sp³-hybridized carbons (Fsp3) is 0.385. The van der Waals surface area contributed by atoms with Gasteiger partial charge in [0.25, 0.3) is 0 Å². The van der Waals surface area contributed by atoms with E-state index in [4.69, 9.17) is 21.7 Å². The van der Waals surface area contributed by atoms with Crippen molar-refractivity contribution in [3.05, 3.63) is 29.8 Å². The molecule has 19 heavy (non-hydrogen) atoms. The van der Waals surface area contributed by atoms with E-state index in [9.17, 15) is 4.79 Å². The van der Waals surface area contributed by atoms with Gasteiger partial charge in [0, 0.05) is 12.3 Å². The van der Waals surface area contributed by atoms with Crippen LogP contribution in [0.15, 0.2) is 24.3 Å². The van der Waals surface area contributed by atoms with Crippen LogP contribution in [0, 0.1) is 0 Å². The molecule has 102 valence electrons. The molecule has 1 heterocycles. The zero-order valence-corrected chi connectivity index (χ0v) is 12.4. The number of thioether (sulfide) groups is 1. The van der Waals surface area contributed by atoms with Gasteiger partial charge in [-0.3, -0.25) is 0 Å². The summed E-state index contributed by atoms with van der Waals surface area (Å²) >= 11 is 6.80. The maximum atomic E-state index is 11.7. The highest BCUT2D eigenvalue weighted by molar-refractivity contribution is 8.23. The molecule has 0 amide bonds. The molecule has 2 rings (SSSR count). The monoisotopic (exact) mass is 297 g/mol. The number of benzene rings is 1. The van der Waals surface area contributed by atoms with Crippen LogP contribution in [0.2, 0.25) is 0 Å². The molecule has 1 aromatic rings. The molecule has 0 aliphatic carbocycles. The summed E-state index contributed by atoms with van der Waals surface area (Å²) in [6, 6.07) is 7.45. The molecule has 4 nitrogen and oxygen atoms in total. The smallest absolute Gasteiger partial charge is 0.329 e. The molecule has 0 saturated carbocycles. The maximum Gasteiger partial charge on any atom is 0.329 e. The Morgan fingerprint density at radius 1 is 1.42 bits per heavy atom. The maximum absolute atomic E-state index is 11.7. The number of carbonyl (C=O) groups is 1. The van der Waals surface area contributed by atoms with Crippen molar-refractivity contribution in [3.8, 4) is 5.75 Å². The van der Waals surface area contributed by atoms with E-state index < -0.39 is 0 Å². The average Bonchev–Trinajstić information content (AvgIpc) is 2.80. The van der Waals surface area contributed by atoms with E-state index in [1.807, 2.05) is 29.2 Å². The Hall–Kier alpha value is -1.27. The van der Waals surface area contributed by atoms with Crippen LogP contribution >= 0.6 is 24.0 Å². The van der Waals surface area contributed by atoms with Crippen molar-refractivity contribution >= 4 is 34.3 Å². The lowest BCUT2D eigenvalue weighted by Gasteiger charge is -2.23. The normalized spacial score (nSPS) is 18.5. The first-order valence-electron chi connectivity index (χ1n) is 5.80. The van der Waals surface area contributed by atoms with E-state index in [0.717, 1.165) is 15.6 Å². The van der Waals surface area contributed by atoms with E-state index in [0.29, 0.717) is 12.3 Å². The number of hydrogen-bond donors (Lipinski definition) is 0. The number of carbonyl (C=O) groups excluding carboxylic acids is 1. The van der Waals surface area contributed by atoms with Crippen molar-refractivity contribution in [1.29, 1.82) is 0 Å². The van der Waals surface area contributed by atoms with Crippen molar-refractivity contribution < 1.29 is 14.3 Å². The van der Waals surface area contributed by atoms with Crippen LogP contribution in [0.3, 0.4) is 0 Å². The molecule has 1 aliphatic rings. The third-order valence-electron chi connectivity index (χ3n) is 2.96. The summed E-state index contributed by atoms with van der Waals surface area (Å²) in [5.41, 5.74) is 1.08. The Balaban J connectivity index is 2.10. The summed E-state index contributed by atoms with van der Waals surface area (Å²) in [5, 5.41) is 0. The Kier molecular flexibility index (Phi) is 4.66. The molecule has 1 unspecified atom stereocenters. The van der Waals surface area contributed by atoms with Crippen molar-refractivity contribution in [2.45, 2.75) is 12.6 Å². The van der Waals surface area contributed by atoms with Gasteiger partial charge >= 0.3 is 5.97 Å². The molecule has 1 aromatic carbocycles. The van der Waals surface area contributed by atoms with Crippen molar-refractivity contribution in [3.63, 3.8) is 0 Å². The second-order valence-corrected chi connectivity index (χ2v) is 5.75. The molecule has 0 aromatic heterocycles. The van der Waals surface area contributed by atoms with Gasteiger partial charge in [-0.25, -0.2) is 4.79 Å². The summed E-state index contributed by atoms with van der Waals surface area (Å²) < 4.78 is 10.7. The molecule has 1 saturated heterocycles. The highest BCUT2D eigenvalue weighted by atomic mass is 32.2. The van der Waals surface area contributed by atoms with Gasteiger partial charge in [0.15, 0.2) is 0 Å². The van der Waals surface area contributed by atoms with Gasteiger partial charge < -0.3 is 14.4 Å². The van der Waals surface area contributed by atoms with Crippen LogP contribution < -0.4 is 4.74 Å². The Labute approximate surface area is 122 Å². The summed E-state index contributed by atoms with van der Waals surface area (Å²) in [4.78, 5) is 13.6. The predicted octanol–water partition coefficient (Wildman–Crippen LogP) is 2.07. The zero-order chi connectivity index (χ0) is 13.8. The van der Waals surface area contributed by atoms with Gasteiger partial charge in [-0.05, 0) is 17.7 Å². The zero-order valence-electron chi connectivity index (χ0n) is 10.8. The third kappa shape index (κ3) is 3.19. The van der Waals surface area contributed by atoms with Gasteiger partial charge in [0.05, 0.1) is 14.2 Å². The minimum atomic E-state index is -0.287. The minimum absolute atomic E-state index is 0.235. The van der Waals surface area contributed by atoms with E-state index in [-0.39, 0.29) is 12.0 Å². The molecule has 1 atom stereocenters. The highest BCUT2D eigenvalue weighted by Gasteiger charge is 2.35. The summed E-state index contributed by atoms with van der Waals surface area (Å²) in [6.45, 7) is 0.607. The fourth-order valence-electron chi connectivity index (χ4n) is 1.88. The van der Waals surface area contributed by atoms with Gasteiger partial charge in [0.1, 0.15) is 16.1 Å². The van der Waals surface area contributed by atoms with Crippen LogP contribution in [-0.2, 0) is 16.1 Å². The second-order valence-electron chi connectivity index (χ2n) is 4.09. The number of methoxy groups -OCH3 is 2. The summed E-state index contributed by atoms with van der Waals surface area (Å²) in [7, 11) is 3.04. The predicted molar refractivity (Wildman–Crippen MR) is 79.4 cm³/mol. The molecule has 0 bridgehead atoms. The molecule has 1 aliphatic heterocycles. The van der Waals surface area contributed by atoms with E-state index >= 15 is 0 Å². The van der Waals surface area contributed by atoms with Crippen LogP contribution in [-0.4, -0.2) is 41.2 Å². The number of ether oxygens (including phenoxy) is 2. The van der Waals surface area contributed by atoms with Gasteiger partial charge in [-0.2, -0.15) is 0 Å². The number of thiocarbonyl (C=S) groups is 1. The van der Waals surface area contributed by atoms with Crippen LogP contribution in [0.1, 0.15) is 5.56 Å².